The van der Waals surface area contributed by atoms with Crippen LogP contribution in [-0.4, -0.2) is 46.0 Å². The summed E-state index contributed by atoms with van der Waals surface area (Å²) < 4.78 is 0. The van der Waals surface area contributed by atoms with Crippen molar-refractivity contribution in [2.45, 2.75) is 31.8 Å². The van der Waals surface area contributed by atoms with Crippen LogP contribution in [0.1, 0.15) is 35.3 Å². The molecular weight excluding hydrogens is 270 g/mol. The van der Waals surface area contributed by atoms with Gasteiger partial charge in [0.2, 0.25) is 5.91 Å². The predicted octanol–water partition coefficient (Wildman–Crippen LogP) is 0.880. The van der Waals surface area contributed by atoms with E-state index in [1.54, 1.807) is 12.1 Å². The first-order valence-electron chi connectivity index (χ1n) is 7.32. The highest BCUT2D eigenvalue weighted by Gasteiger charge is 2.33. The molecule has 0 radical (unpaired) electrons. The largest absolute Gasteiger partial charge is 0.478 e. The molecule has 0 aliphatic carbocycles. The molecule has 1 aromatic heterocycles. The number of nitrogens with one attached hydrogen (secondary N) is 1. The number of likely N-dealkylation sites (tertiary alicyclic amines) is 1. The van der Waals surface area contributed by atoms with Crippen LogP contribution >= 0.6 is 0 Å². The summed E-state index contributed by atoms with van der Waals surface area (Å²) in [6.07, 6.45) is 3.97. The minimum absolute atomic E-state index is 0.177. The Kier molecular flexibility index (Phi) is 3.88. The van der Waals surface area contributed by atoms with Crippen molar-refractivity contribution in [2.24, 2.45) is 5.92 Å². The van der Waals surface area contributed by atoms with Crippen LogP contribution in [0.4, 0.5) is 0 Å². The summed E-state index contributed by atoms with van der Waals surface area (Å²) in [7, 11) is 0. The molecule has 3 rings (SSSR count). The third-order valence-electron chi connectivity index (χ3n) is 4.36. The molecule has 6 heteroatoms. The number of aromatic nitrogens is 1. The second-order valence-corrected chi connectivity index (χ2v) is 5.84. The van der Waals surface area contributed by atoms with E-state index in [2.05, 4.69) is 15.2 Å². The number of hydrogen-bond acceptors (Lipinski definition) is 4. The van der Waals surface area contributed by atoms with Crippen molar-refractivity contribution in [3.05, 3.63) is 29.6 Å². The number of carbonyl (C=O) groups is 2. The van der Waals surface area contributed by atoms with E-state index < -0.39 is 5.97 Å². The first-order chi connectivity index (χ1) is 10.1. The summed E-state index contributed by atoms with van der Waals surface area (Å²) in [5, 5.41) is 11.9. The maximum atomic E-state index is 11.4. The second kappa shape index (κ2) is 5.81. The molecule has 112 valence electrons. The maximum Gasteiger partial charge on any atom is 0.337 e. The van der Waals surface area contributed by atoms with E-state index in [1.165, 1.54) is 6.20 Å². The number of carboxylic acids is 1. The summed E-state index contributed by atoms with van der Waals surface area (Å²) >= 11 is 0. The zero-order valence-electron chi connectivity index (χ0n) is 11.8. The van der Waals surface area contributed by atoms with Gasteiger partial charge in [0, 0.05) is 38.3 Å². The lowest BCUT2D eigenvalue weighted by Crippen LogP contribution is -2.53. The van der Waals surface area contributed by atoms with Gasteiger partial charge in [0.15, 0.2) is 0 Å². The van der Waals surface area contributed by atoms with Crippen LogP contribution in [0.25, 0.3) is 0 Å². The van der Waals surface area contributed by atoms with Gasteiger partial charge in [0.1, 0.15) is 0 Å². The van der Waals surface area contributed by atoms with Crippen molar-refractivity contribution < 1.29 is 14.7 Å². The summed E-state index contributed by atoms with van der Waals surface area (Å²) in [6, 6.07) is 3.70. The maximum absolute atomic E-state index is 11.4. The Bertz CT molecular complexity index is 544. The average molecular weight is 289 g/mol. The highest BCUT2D eigenvalue weighted by molar-refractivity contribution is 5.87. The van der Waals surface area contributed by atoms with Crippen molar-refractivity contribution in [3.63, 3.8) is 0 Å². The van der Waals surface area contributed by atoms with Gasteiger partial charge in [-0.2, -0.15) is 0 Å². The summed E-state index contributed by atoms with van der Waals surface area (Å²) in [4.78, 5) is 28.7. The molecule has 0 aromatic carbocycles. The predicted molar refractivity (Wildman–Crippen MR) is 75.7 cm³/mol. The molecular formula is C15H19N3O3. The number of fused-ring (bicyclic) bond motifs is 1. The first-order valence-corrected chi connectivity index (χ1v) is 7.32. The lowest BCUT2D eigenvalue weighted by Gasteiger charge is -2.41. The zero-order chi connectivity index (χ0) is 14.8. The standard InChI is InChI=1S/C15H19N3O3/c19-14-4-2-11-8-18(6-5-13(11)17-14)9-12-3-1-10(7-16-12)15(20)21/h1,3,7,11,13H,2,4-6,8-9H2,(H,17,19)(H,20,21). The highest BCUT2D eigenvalue weighted by Crippen LogP contribution is 2.26. The molecule has 2 aliphatic rings. The number of aromatic carboxylic acids is 1. The molecule has 2 fully saturated rings. The fraction of sp³-hybridized carbons (Fsp3) is 0.533. The number of nitrogens with zero attached hydrogens (tertiary/aromatic N) is 2. The quantitative estimate of drug-likeness (QED) is 0.863. The van der Waals surface area contributed by atoms with Gasteiger partial charge in [-0.05, 0) is 30.9 Å². The molecule has 2 N–H and O–H groups in total. The molecule has 1 aromatic rings. The fourth-order valence-corrected chi connectivity index (χ4v) is 3.20. The third kappa shape index (κ3) is 3.21. The Balaban J connectivity index is 1.59. The minimum atomic E-state index is -0.951. The van der Waals surface area contributed by atoms with E-state index in [-0.39, 0.29) is 11.5 Å². The topological polar surface area (TPSA) is 82.5 Å². The number of hydrogen-bond donors (Lipinski definition) is 2. The molecule has 0 saturated carbocycles. The van der Waals surface area contributed by atoms with Gasteiger partial charge in [0.25, 0.3) is 0 Å². The fourth-order valence-electron chi connectivity index (χ4n) is 3.20. The van der Waals surface area contributed by atoms with Gasteiger partial charge in [-0.25, -0.2) is 4.79 Å². The average Bonchev–Trinajstić information content (AvgIpc) is 2.48. The molecule has 2 aliphatic heterocycles. The molecule has 6 nitrogen and oxygen atoms in total. The Morgan fingerprint density at radius 3 is 3.00 bits per heavy atom. The van der Waals surface area contributed by atoms with Gasteiger partial charge in [-0.1, -0.05) is 0 Å². The highest BCUT2D eigenvalue weighted by atomic mass is 16.4. The van der Waals surface area contributed by atoms with E-state index >= 15 is 0 Å². The number of pyridine rings is 1. The van der Waals surface area contributed by atoms with E-state index in [0.717, 1.165) is 38.2 Å². The number of amides is 1. The Morgan fingerprint density at radius 2 is 2.29 bits per heavy atom. The lowest BCUT2D eigenvalue weighted by molar-refractivity contribution is -0.125. The van der Waals surface area contributed by atoms with Crippen LogP contribution in [0.2, 0.25) is 0 Å². The Labute approximate surface area is 123 Å². The second-order valence-electron chi connectivity index (χ2n) is 5.84. The van der Waals surface area contributed by atoms with Crippen LogP contribution in [0.15, 0.2) is 18.3 Å². The van der Waals surface area contributed by atoms with Gasteiger partial charge in [-0.3, -0.25) is 14.7 Å². The summed E-state index contributed by atoms with van der Waals surface area (Å²) in [5.74, 6) is -0.252. The van der Waals surface area contributed by atoms with Crippen LogP contribution in [-0.2, 0) is 11.3 Å². The number of piperidine rings is 2. The smallest absolute Gasteiger partial charge is 0.337 e. The summed E-state index contributed by atoms with van der Waals surface area (Å²) in [5.41, 5.74) is 1.10. The van der Waals surface area contributed by atoms with Crippen LogP contribution in [0.3, 0.4) is 0 Å². The Hall–Kier alpha value is -1.95. The van der Waals surface area contributed by atoms with Crippen molar-refractivity contribution in [2.75, 3.05) is 13.1 Å². The van der Waals surface area contributed by atoms with Crippen LogP contribution in [0.5, 0.6) is 0 Å². The normalized spacial score (nSPS) is 26.0. The van der Waals surface area contributed by atoms with Crippen LogP contribution < -0.4 is 5.32 Å². The van der Waals surface area contributed by atoms with Gasteiger partial charge in [-0.15, -0.1) is 0 Å². The van der Waals surface area contributed by atoms with Crippen molar-refractivity contribution >= 4 is 11.9 Å². The molecule has 0 spiro atoms. The molecule has 0 bridgehead atoms. The number of carboxylic acid groups (broad SMARTS) is 1. The monoisotopic (exact) mass is 289 g/mol. The molecule has 2 unspecified atom stereocenters. The molecule has 21 heavy (non-hydrogen) atoms. The lowest BCUT2D eigenvalue weighted by atomic mass is 9.85. The number of rotatable bonds is 3. The molecule has 2 saturated heterocycles. The first kappa shape index (κ1) is 14.0. The van der Waals surface area contributed by atoms with Crippen molar-refractivity contribution in [1.29, 1.82) is 0 Å². The zero-order valence-corrected chi connectivity index (χ0v) is 11.8. The molecule has 2 atom stereocenters. The van der Waals surface area contributed by atoms with Crippen molar-refractivity contribution in [1.82, 2.24) is 15.2 Å². The van der Waals surface area contributed by atoms with Crippen molar-refractivity contribution in [3.8, 4) is 0 Å². The van der Waals surface area contributed by atoms with E-state index in [1.807, 2.05) is 0 Å². The minimum Gasteiger partial charge on any atom is -0.478 e. The van der Waals surface area contributed by atoms with E-state index in [9.17, 15) is 9.59 Å². The van der Waals surface area contributed by atoms with Gasteiger partial charge < -0.3 is 10.4 Å². The van der Waals surface area contributed by atoms with E-state index in [4.69, 9.17) is 5.11 Å². The number of carbonyl (C=O) groups excluding carboxylic acids is 1. The molecule has 3 heterocycles. The Morgan fingerprint density at radius 1 is 1.43 bits per heavy atom. The SMILES string of the molecule is O=C1CCC2CN(Cc3ccc(C(=O)O)cn3)CCC2N1. The van der Waals surface area contributed by atoms with Crippen LogP contribution in [0, 0.1) is 5.92 Å². The molecule has 1 amide bonds. The third-order valence-corrected chi connectivity index (χ3v) is 4.36. The van der Waals surface area contributed by atoms with Gasteiger partial charge >= 0.3 is 5.97 Å². The van der Waals surface area contributed by atoms with E-state index in [0.29, 0.717) is 18.4 Å². The summed E-state index contributed by atoms with van der Waals surface area (Å²) in [6.45, 7) is 2.63. The van der Waals surface area contributed by atoms with Gasteiger partial charge in [0.05, 0.1) is 11.3 Å².